The second kappa shape index (κ2) is 5.51. The second-order valence-electron chi connectivity index (χ2n) is 3.98. The predicted octanol–water partition coefficient (Wildman–Crippen LogP) is 0.326. The molecule has 1 amide bonds. The van der Waals surface area contributed by atoms with Crippen molar-refractivity contribution < 1.29 is 23.9 Å². The van der Waals surface area contributed by atoms with E-state index in [0.29, 0.717) is 17.0 Å². The van der Waals surface area contributed by atoms with Gasteiger partial charge in [-0.3, -0.25) is 14.5 Å². The minimum atomic E-state index is -0.512. The quantitative estimate of drug-likeness (QED) is 0.578. The minimum Gasteiger partial charge on any atom is -0.481 e. The van der Waals surface area contributed by atoms with Crippen LogP contribution in [0.25, 0.3) is 0 Å². The highest BCUT2D eigenvalue weighted by atomic mass is 16.5. The van der Waals surface area contributed by atoms with Crippen LogP contribution >= 0.6 is 0 Å². The van der Waals surface area contributed by atoms with Crippen LogP contribution in [0.1, 0.15) is 5.56 Å². The van der Waals surface area contributed by atoms with Gasteiger partial charge in [-0.25, -0.2) is 0 Å². The molecule has 1 aliphatic rings. The molecule has 1 aromatic rings. The molecule has 1 heterocycles. The zero-order chi connectivity index (χ0) is 13.8. The fourth-order valence-corrected chi connectivity index (χ4v) is 1.91. The van der Waals surface area contributed by atoms with E-state index in [-0.39, 0.29) is 25.5 Å². The lowest BCUT2D eigenvalue weighted by molar-refractivity contribution is -0.140. The third kappa shape index (κ3) is 2.57. The number of nitrogens with zero attached hydrogens (tertiary/aromatic N) is 1. The molecule has 19 heavy (non-hydrogen) atoms. The number of hydrogen-bond donors (Lipinski definition) is 0. The molecule has 1 aromatic carbocycles. The molecule has 6 nitrogen and oxygen atoms in total. The number of anilines is 1. The Bertz CT molecular complexity index is 526. The van der Waals surface area contributed by atoms with Gasteiger partial charge in [0, 0.05) is 12.0 Å². The van der Waals surface area contributed by atoms with Crippen LogP contribution in [-0.2, 0) is 25.5 Å². The Morgan fingerprint density at radius 2 is 2.32 bits per heavy atom. The SMILES string of the molecule is COC(=O)CN1C(=O)COc2c(CC=O)cccc21. The largest absolute Gasteiger partial charge is 0.481 e. The molecule has 0 aromatic heterocycles. The summed E-state index contributed by atoms with van der Waals surface area (Å²) in [7, 11) is 1.26. The van der Waals surface area contributed by atoms with Gasteiger partial charge in [0.1, 0.15) is 18.6 Å². The number of hydrogen-bond acceptors (Lipinski definition) is 5. The van der Waals surface area contributed by atoms with Gasteiger partial charge in [-0.15, -0.1) is 0 Å². The van der Waals surface area contributed by atoms with Crippen LogP contribution in [0, 0.1) is 0 Å². The predicted molar refractivity (Wildman–Crippen MR) is 66.1 cm³/mol. The molecule has 0 saturated heterocycles. The van der Waals surface area contributed by atoms with Gasteiger partial charge < -0.3 is 14.3 Å². The maximum absolute atomic E-state index is 11.8. The third-order valence-electron chi connectivity index (χ3n) is 2.83. The number of fused-ring (bicyclic) bond motifs is 1. The Labute approximate surface area is 109 Å². The van der Waals surface area contributed by atoms with Crippen molar-refractivity contribution in [3.05, 3.63) is 23.8 Å². The number of methoxy groups -OCH3 is 1. The topological polar surface area (TPSA) is 72.9 Å². The smallest absolute Gasteiger partial charge is 0.325 e. The van der Waals surface area contributed by atoms with Crippen molar-refractivity contribution in [2.45, 2.75) is 6.42 Å². The summed E-state index contributed by atoms with van der Waals surface area (Å²) in [6.07, 6.45) is 0.962. The monoisotopic (exact) mass is 263 g/mol. The van der Waals surface area contributed by atoms with Gasteiger partial charge >= 0.3 is 5.97 Å². The van der Waals surface area contributed by atoms with Gasteiger partial charge in [0.05, 0.1) is 12.8 Å². The summed E-state index contributed by atoms with van der Waals surface area (Å²) in [4.78, 5) is 35.1. The van der Waals surface area contributed by atoms with Gasteiger partial charge in [-0.05, 0) is 6.07 Å². The molecule has 0 spiro atoms. The van der Waals surface area contributed by atoms with E-state index in [2.05, 4.69) is 4.74 Å². The van der Waals surface area contributed by atoms with Crippen molar-refractivity contribution in [2.24, 2.45) is 0 Å². The fourth-order valence-electron chi connectivity index (χ4n) is 1.91. The number of carbonyl (C=O) groups is 3. The Morgan fingerprint density at radius 1 is 1.53 bits per heavy atom. The first-order valence-corrected chi connectivity index (χ1v) is 5.73. The lowest BCUT2D eigenvalue weighted by Gasteiger charge is -2.29. The zero-order valence-electron chi connectivity index (χ0n) is 10.4. The number of carbonyl (C=O) groups excluding carboxylic acids is 3. The number of esters is 1. The molecule has 0 radical (unpaired) electrons. The van der Waals surface area contributed by atoms with E-state index in [1.165, 1.54) is 12.0 Å². The minimum absolute atomic E-state index is 0.153. The van der Waals surface area contributed by atoms with E-state index in [1.54, 1.807) is 18.2 Å². The highest BCUT2D eigenvalue weighted by Gasteiger charge is 2.28. The lowest BCUT2D eigenvalue weighted by atomic mass is 10.1. The van der Waals surface area contributed by atoms with Crippen molar-refractivity contribution in [3.8, 4) is 5.75 Å². The molecule has 0 atom stereocenters. The van der Waals surface area contributed by atoms with Crippen molar-refractivity contribution in [1.82, 2.24) is 0 Å². The molecular weight excluding hydrogens is 250 g/mol. The first kappa shape index (κ1) is 13.1. The van der Waals surface area contributed by atoms with E-state index in [9.17, 15) is 14.4 Å². The van der Waals surface area contributed by atoms with Crippen molar-refractivity contribution in [1.29, 1.82) is 0 Å². The maximum Gasteiger partial charge on any atom is 0.325 e. The van der Waals surface area contributed by atoms with E-state index in [1.807, 2.05) is 0 Å². The highest BCUT2D eigenvalue weighted by Crippen LogP contribution is 2.35. The Balaban J connectivity index is 2.38. The molecule has 0 unspecified atom stereocenters. The standard InChI is InChI=1S/C13H13NO5/c1-18-12(17)7-14-10-4-2-3-9(5-6-15)13(10)19-8-11(14)16/h2-4,6H,5,7-8H2,1H3. The summed E-state index contributed by atoms with van der Waals surface area (Å²) in [5.41, 5.74) is 1.18. The third-order valence-corrected chi connectivity index (χ3v) is 2.83. The van der Waals surface area contributed by atoms with E-state index < -0.39 is 5.97 Å². The van der Waals surface area contributed by atoms with Crippen molar-refractivity contribution in [3.63, 3.8) is 0 Å². The maximum atomic E-state index is 11.8. The normalized spacial score (nSPS) is 13.5. The van der Waals surface area contributed by atoms with Crippen LogP contribution in [0.5, 0.6) is 5.75 Å². The molecule has 0 saturated carbocycles. The number of rotatable bonds is 4. The molecule has 0 aliphatic carbocycles. The number of benzene rings is 1. The van der Waals surface area contributed by atoms with Crippen molar-refractivity contribution >= 4 is 23.9 Å². The summed E-state index contributed by atoms with van der Waals surface area (Å²) in [5, 5.41) is 0. The molecule has 0 fully saturated rings. The second-order valence-corrected chi connectivity index (χ2v) is 3.98. The molecule has 1 aliphatic heterocycles. The fraction of sp³-hybridized carbons (Fsp3) is 0.308. The van der Waals surface area contributed by atoms with Crippen LogP contribution in [0.2, 0.25) is 0 Å². The van der Waals surface area contributed by atoms with E-state index in [4.69, 9.17) is 4.74 Å². The first-order chi connectivity index (χ1) is 9.17. The molecular formula is C13H13NO5. The summed E-state index contributed by atoms with van der Waals surface area (Å²) < 4.78 is 9.93. The Hall–Kier alpha value is -2.37. The first-order valence-electron chi connectivity index (χ1n) is 5.73. The summed E-state index contributed by atoms with van der Waals surface area (Å²) >= 11 is 0. The Morgan fingerprint density at radius 3 is 3.00 bits per heavy atom. The number of ether oxygens (including phenoxy) is 2. The van der Waals surface area contributed by atoms with E-state index in [0.717, 1.165) is 6.29 Å². The average Bonchev–Trinajstić information content (AvgIpc) is 2.42. The average molecular weight is 263 g/mol. The van der Waals surface area contributed by atoms with Crippen LogP contribution < -0.4 is 9.64 Å². The molecule has 6 heteroatoms. The lowest BCUT2D eigenvalue weighted by Crippen LogP contribution is -2.42. The van der Waals surface area contributed by atoms with Gasteiger partial charge in [-0.2, -0.15) is 0 Å². The van der Waals surface area contributed by atoms with Gasteiger partial charge in [0.15, 0.2) is 6.61 Å². The molecule has 0 bridgehead atoms. The molecule has 2 rings (SSSR count). The number of aldehydes is 1. The van der Waals surface area contributed by atoms with Gasteiger partial charge in [-0.1, -0.05) is 12.1 Å². The highest BCUT2D eigenvalue weighted by molar-refractivity contribution is 6.01. The zero-order valence-corrected chi connectivity index (χ0v) is 10.4. The molecule has 0 N–H and O–H groups in total. The van der Waals surface area contributed by atoms with Crippen LogP contribution in [0.4, 0.5) is 5.69 Å². The number of para-hydroxylation sites is 1. The molecule has 100 valence electrons. The summed E-state index contributed by atoms with van der Waals surface area (Å²) in [5.74, 6) is -0.360. The van der Waals surface area contributed by atoms with Gasteiger partial charge in [0.25, 0.3) is 5.91 Å². The van der Waals surface area contributed by atoms with Crippen LogP contribution in [0.3, 0.4) is 0 Å². The van der Waals surface area contributed by atoms with Crippen LogP contribution in [-0.4, -0.2) is 38.4 Å². The summed E-state index contributed by atoms with van der Waals surface area (Å²) in [6.45, 7) is -0.323. The van der Waals surface area contributed by atoms with Crippen LogP contribution in [0.15, 0.2) is 18.2 Å². The van der Waals surface area contributed by atoms with Crippen molar-refractivity contribution in [2.75, 3.05) is 25.2 Å². The van der Waals surface area contributed by atoms with E-state index >= 15 is 0 Å². The van der Waals surface area contributed by atoms with Gasteiger partial charge in [0.2, 0.25) is 0 Å². The number of amides is 1. The Kier molecular flexibility index (Phi) is 3.79. The summed E-state index contributed by atoms with van der Waals surface area (Å²) in [6, 6.07) is 5.13.